The lowest BCUT2D eigenvalue weighted by Crippen LogP contribution is -2.06. The molecule has 0 saturated carbocycles. The molecule has 1 rings (SSSR count). The van der Waals surface area contributed by atoms with Crippen molar-refractivity contribution >= 4 is 27.3 Å². The highest BCUT2D eigenvalue weighted by Gasteiger charge is 2.02. The van der Waals surface area contributed by atoms with Gasteiger partial charge in [-0.3, -0.25) is 0 Å². The van der Waals surface area contributed by atoms with E-state index in [-0.39, 0.29) is 0 Å². The summed E-state index contributed by atoms with van der Waals surface area (Å²) < 4.78 is 6.28. The molecule has 1 aromatic carbocycles. The smallest absolute Gasteiger partial charge is 0.0488 e. The molecule has 0 aliphatic carbocycles. The molecule has 0 heterocycles. The Morgan fingerprint density at radius 3 is 2.88 bits per heavy atom. The van der Waals surface area contributed by atoms with E-state index in [4.69, 9.17) is 10.5 Å². The summed E-state index contributed by atoms with van der Waals surface area (Å²) >= 11 is 3.49. The molecule has 0 aromatic heterocycles. The number of rotatable bonds is 6. The summed E-state index contributed by atoms with van der Waals surface area (Å²) in [6, 6.07) is 3.99. The molecule has 0 amide bonds. The number of hydrogen-bond donors (Lipinski definition) is 2. The zero-order chi connectivity index (χ0) is 12.0. The highest BCUT2D eigenvalue weighted by molar-refractivity contribution is 9.10. The maximum Gasteiger partial charge on any atom is 0.0488 e. The number of nitrogens with one attached hydrogen (secondary N) is 1. The molecule has 0 fully saturated rings. The molecule has 3 nitrogen and oxygen atoms in total. The Morgan fingerprint density at radius 2 is 2.19 bits per heavy atom. The van der Waals surface area contributed by atoms with Gasteiger partial charge in [-0.2, -0.15) is 0 Å². The Morgan fingerprint density at radius 1 is 1.44 bits per heavy atom. The first-order valence-electron chi connectivity index (χ1n) is 5.52. The molecule has 0 aliphatic rings. The lowest BCUT2D eigenvalue weighted by atomic mass is 10.2. The van der Waals surface area contributed by atoms with Crippen molar-refractivity contribution in [3.63, 3.8) is 0 Å². The summed E-state index contributed by atoms with van der Waals surface area (Å²) in [5, 5.41) is 3.36. The molecule has 16 heavy (non-hydrogen) atoms. The van der Waals surface area contributed by atoms with Gasteiger partial charge in [0.15, 0.2) is 0 Å². The van der Waals surface area contributed by atoms with Crippen LogP contribution in [0.3, 0.4) is 0 Å². The second-order valence-electron chi connectivity index (χ2n) is 3.67. The van der Waals surface area contributed by atoms with Crippen molar-refractivity contribution < 1.29 is 4.74 Å². The van der Waals surface area contributed by atoms with Crippen molar-refractivity contribution in [2.75, 3.05) is 30.8 Å². The summed E-state index contributed by atoms with van der Waals surface area (Å²) in [7, 11) is 0. The van der Waals surface area contributed by atoms with E-state index in [0.29, 0.717) is 0 Å². The molecular formula is C12H19BrN2O. The van der Waals surface area contributed by atoms with Gasteiger partial charge in [0.1, 0.15) is 0 Å². The summed E-state index contributed by atoms with van der Waals surface area (Å²) in [6.45, 7) is 6.50. The number of anilines is 2. The predicted molar refractivity (Wildman–Crippen MR) is 72.9 cm³/mol. The third-order valence-corrected chi connectivity index (χ3v) is 3.00. The standard InChI is InChI=1S/C12H19BrN2O/c1-3-16-6-4-5-15-12-7-9(2)11(14)8-10(12)13/h7-8,15H,3-6,14H2,1-2H3. The van der Waals surface area contributed by atoms with Crippen LogP contribution < -0.4 is 11.1 Å². The number of nitrogens with two attached hydrogens (primary N) is 1. The van der Waals surface area contributed by atoms with Gasteiger partial charge >= 0.3 is 0 Å². The van der Waals surface area contributed by atoms with Gasteiger partial charge in [0, 0.05) is 35.6 Å². The lowest BCUT2D eigenvalue weighted by Gasteiger charge is -2.11. The van der Waals surface area contributed by atoms with Crippen molar-refractivity contribution in [2.45, 2.75) is 20.3 Å². The van der Waals surface area contributed by atoms with Crippen LogP contribution in [-0.2, 0) is 4.74 Å². The third-order valence-electron chi connectivity index (χ3n) is 2.34. The van der Waals surface area contributed by atoms with Gasteiger partial charge in [-0.1, -0.05) is 0 Å². The monoisotopic (exact) mass is 286 g/mol. The molecule has 0 unspecified atom stereocenters. The second kappa shape index (κ2) is 6.76. The number of aryl methyl sites for hydroxylation is 1. The molecule has 90 valence electrons. The summed E-state index contributed by atoms with van der Waals surface area (Å²) in [4.78, 5) is 0. The van der Waals surface area contributed by atoms with Crippen molar-refractivity contribution in [1.82, 2.24) is 0 Å². The predicted octanol–water partition coefficient (Wildman–Crippen LogP) is 3.18. The van der Waals surface area contributed by atoms with Crippen LogP contribution in [0.5, 0.6) is 0 Å². The lowest BCUT2D eigenvalue weighted by molar-refractivity contribution is 0.147. The van der Waals surface area contributed by atoms with Crippen LogP contribution in [0.25, 0.3) is 0 Å². The van der Waals surface area contributed by atoms with Gasteiger partial charge in [-0.05, 0) is 53.9 Å². The average molecular weight is 287 g/mol. The van der Waals surface area contributed by atoms with Crippen LogP contribution >= 0.6 is 15.9 Å². The van der Waals surface area contributed by atoms with E-state index < -0.39 is 0 Å². The first-order valence-corrected chi connectivity index (χ1v) is 6.31. The van der Waals surface area contributed by atoms with Gasteiger partial charge in [0.2, 0.25) is 0 Å². The molecular weight excluding hydrogens is 268 g/mol. The quantitative estimate of drug-likeness (QED) is 0.624. The SMILES string of the molecule is CCOCCCNc1cc(C)c(N)cc1Br. The first kappa shape index (κ1) is 13.3. The van der Waals surface area contributed by atoms with E-state index in [1.54, 1.807) is 0 Å². The molecule has 0 saturated heterocycles. The number of hydrogen-bond acceptors (Lipinski definition) is 3. The second-order valence-corrected chi connectivity index (χ2v) is 4.52. The van der Waals surface area contributed by atoms with E-state index >= 15 is 0 Å². The van der Waals surface area contributed by atoms with Crippen molar-refractivity contribution in [1.29, 1.82) is 0 Å². The van der Waals surface area contributed by atoms with Crippen molar-refractivity contribution in [3.8, 4) is 0 Å². The number of benzene rings is 1. The Bertz CT molecular complexity index is 342. The van der Waals surface area contributed by atoms with Gasteiger partial charge in [0.25, 0.3) is 0 Å². The minimum Gasteiger partial charge on any atom is -0.398 e. The van der Waals surface area contributed by atoms with Crippen molar-refractivity contribution in [2.24, 2.45) is 0 Å². The van der Waals surface area contributed by atoms with E-state index in [1.807, 2.05) is 19.9 Å². The molecule has 0 atom stereocenters. The highest BCUT2D eigenvalue weighted by atomic mass is 79.9. The Kier molecular flexibility index (Phi) is 5.63. The van der Waals surface area contributed by atoms with E-state index in [0.717, 1.165) is 47.6 Å². The minimum absolute atomic E-state index is 0.782. The molecule has 3 N–H and O–H groups in total. The Labute approximate surface area is 105 Å². The molecule has 0 radical (unpaired) electrons. The maximum absolute atomic E-state index is 5.81. The average Bonchev–Trinajstić information content (AvgIpc) is 2.25. The minimum atomic E-state index is 0.782. The van der Waals surface area contributed by atoms with Crippen LogP contribution in [0.2, 0.25) is 0 Å². The molecule has 4 heteroatoms. The van der Waals surface area contributed by atoms with E-state index in [1.165, 1.54) is 0 Å². The van der Waals surface area contributed by atoms with E-state index in [2.05, 4.69) is 27.3 Å². The van der Waals surface area contributed by atoms with Gasteiger partial charge in [-0.15, -0.1) is 0 Å². The normalized spacial score (nSPS) is 10.4. The molecule has 0 bridgehead atoms. The topological polar surface area (TPSA) is 47.3 Å². The van der Waals surface area contributed by atoms with Crippen LogP contribution in [0.4, 0.5) is 11.4 Å². The van der Waals surface area contributed by atoms with Gasteiger partial charge in [0.05, 0.1) is 0 Å². The zero-order valence-corrected chi connectivity index (χ0v) is 11.4. The largest absolute Gasteiger partial charge is 0.398 e. The van der Waals surface area contributed by atoms with Gasteiger partial charge < -0.3 is 15.8 Å². The van der Waals surface area contributed by atoms with Gasteiger partial charge in [-0.25, -0.2) is 0 Å². The summed E-state index contributed by atoms with van der Waals surface area (Å²) in [6.07, 6.45) is 1.00. The summed E-state index contributed by atoms with van der Waals surface area (Å²) in [5.41, 5.74) is 8.80. The Balaban J connectivity index is 2.45. The third kappa shape index (κ3) is 4.02. The fourth-order valence-electron chi connectivity index (χ4n) is 1.37. The van der Waals surface area contributed by atoms with E-state index in [9.17, 15) is 0 Å². The first-order chi connectivity index (χ1) is 7.65. The van der Waals surface area contributed by atoms with Crippen molar-refractivity contribution in [3.05, 3.63) is 22.2 Å². The van der Waals surface area contributed by atoms with Crippen LogP contribution in [-0.4, -0.2) is 19.8 Å². The number of nitrogen functional groups attached to an aromatic ring is 1. The van der Waals surface area contributed by atoms with Crippen LogP contribution in [0, 0.1) is 6.92 Å². The fraction of sp³-hybridized carbons (Fsp3) is 0.500. The van der Waals surface area contributed by atoms with Crippen LogP contribution in [0.1, 0.15) is 18.9 Å². The Hall–Kier alpha value is -0.740. The highest BCUT2D eigenvalue weighted by Crippen LogP contribution is 2.27. The number of halogens is 1. The zero-order valence-electron chi connectivity index (χ0n) is 9.85. The fourth-order valence-corrected chi connectivity index (χ4v) is 1.88. The van der Waals surface area contributed by atoms with Crippen LogP contribution in [0.15, 0.2) is 16.6 Å². The summed E-state index contributed by atoms with van der Waals surface area (Å²) in [5.74, 6) is 0. The molecule has 1 aromatic rings. The molecule has 0 aliphatic heterocycles. The maximum atomic E-state index is 5.81. The molecule has 0 spiro atoms. The number of ether oxygens (including phenoxy) is 1.